The molecule has 1 N–H and O–H groups in total. The second kappa shape index (κ2) is 9.13. The van der Waals surface area contributed by atoms with E-state index in [4.69, 9.17) is 0 Å². The molecule has 0 saturated heterocycles. The van der Waals surface area contributed by atoms with Gasteiger partial charge < -0.3 is 5.11 Å². The number of hydrogen-bond acceptors (Lipinski definition) is 1. The fourth-order valence-corrected chi connectivity index (χ4v) is 2.48. The van der Waals surface area contributed by atoms with Gasteiger partial charge in [-0.15, -0.1) is 0 Å². The van der Waals surface area contributed by atoms with Gasteiger partial charge in [0.25, 0.3) is 0 Å². The average Bonchev–Trinajstić information content (AvgIpc) is 2.39. The van der Waals surface area contributed by atoms with Gasteiger partial charge in [0.1, 0.15) is 0 Å². The number of carboxylic acid groups (broad SMARTS) is 1. The van der Waals surface area contributed by atoms with Crippen LogP contribution in [0.3, 0.4) is 0 Å². The lowest BCUT2D eigenvalue weighted by molar-refractivity contribution is -0.142. The van der Waals surface area contributed by atoms with Crippen molar-refractivity contribution in [2.75, 3.05) is 0 Å². The number of carboxylic acids is 1. The number of unbranched alkanes of at least 4 members (excludes halogenated alkanes) is 4. The summed E-state index contributed by atoms with van der Waals surface area (Å²) in [6.45, 7) is 2.19. The molecule has 0 heterocycles. The summed E-state index contributed by atoms with van der Waals surface area (Å²) in [6, 6.07) is 7.93. The summed E-state index contributed by atoms with van der Waals surface area (Å²) in [4.78, 5) is 11.3. The summed E-state index contributed by atoms with van der Waals surface area (Å²) in [5, 5.41) is 9.28. The molecule has 0 fully saturated rings. The van der Waals surface area contributed by atoms with Crippen molar-refractivity contribution in [3.63, 3.8) is 0 Å². The third-order valence-corrected chi connectivity index (χ3v) is 3.93. The van der Waals surface area contributed by atoms with Crippen LogP contribution in [0.4, 0.5) is 0 Å². The van der Waals surface area contributed by atoms with Crippen LogP contribution in [0.15, 0.2) is 28.7 Å². The van der Waals surface area contributed by atoms with Gasteiger partial charge in [0.15, 0.2) is 0 Å². The lowest BCUT2D eigenvalue weighted by Crippen LogP contribution is -2.16. The molecule has 2 nitrogen and oxygen atoms in total. The fraction of sp³-hybridized carbons (Fsp3) is 0.562. The van der Waals surface area contributed by atoms with Crippen LogP contribution in [0.1, 0.15) is 51.0 Å². The molecule has 0 aliphatic carbocycles. The molecule has 106 valence electrons. The van der Waals surface area contributed by atoms with Gasteiger partial charge in [-0.1, -0.05) is 67.1 Å². The standard InChI is InChI=1S/C16H23BrO2/c1-2-3-4-5-6-7-14(16(18)19)12-13-8-10-15(17)11-9-13/h8-11,14H,2-7,12H2,1H3,(H,18,19). The Morgan fingerprint density at radius 1 is 1.16 bits per heavy atom. The van der Waals surface area contributed by atoms with Crippen molar-refractivity contribution in [2.45, 2.75) is 51.9 Å². The Kier molecular flexibility index (Phi) is 7.80. The summed E-state index contributed by atoms with van der Waals surface area (Å²) in [6.07, 6.45) is 7.30. The van der Waals surface area contributed by atoms with Gasteiger partial charge in [-0.3, -0.25) is 4.79 Å². The first kappa shape index (κ1) is 16.2. The Morgan fingerprint density at radius 3 is 2.37 bits per heavy atom. The predicted octanol–water partition coefficient (Wildman–Crippen LogP) is 5.05. The van der Waals surface area contributed by atoms with Crippen molar-refractivity contribution >= 4 is 21.9 Å². The molecule has 3 heteroatoms. The second-order valence-electron chi connectivity index (χ2n) is 5.07. The molecule has 0 amide bonds. The molecule has 0 bridgehead atoms. The highest BCUT2D eigenvalue weighted by molar-refractivity contribution is 9.10. The molecule has 1 atom stereocenters. The third kappa shape index (κ3) is 6.76. The fourth-order valence-electron chi connectivity index (χ4n) is 2.21. The van der Waals surface area contributed by atoms with E-state index in [-0.39, 0.29) is 5.92 Å². The van der Waals surface area contributed by atoms with E-state index in [1.807, 2.05) is 24.3 Å². The highest BCUT2D eigenvalue weighted by atomic mass is 79.9. The van der Waals surface area contributed by atoms with Crippen LogP contribution >= 0.6 is 15.9 Å². The van der Waals surface area contributed by atoms with Crippen LogP contribution in [0.2, 0.25) is 0 Å². The van der Waals surface area contributed by atoms with Gasteiger partial charge in [-0.05, 0) is 30.5 Å². The lowest BCUT2D eigenvalue weighted by Gasteiger charge is -2.12. The van der Waals surface area contributed by atoms with Gasteiger partial charge in [-0.25, -0.2) is 0 Å². The number of halogens is 1. The van der Waals surface area contributed by atoms with Crippen LogP contribution in [-0.2, 0) is 11.2 Å². The highest BCUT2D eigenvalue weighted by Crippen LogP contribution is 2.19. The third-order valence-electron chi connectivity index (χ3n) is 3.40. The summed E-state index contributed by atoms with van der Waals surface area (Å²) in [5.74, 6) is -0.916. The Hall–Kier alpha value is -0.830. The van der Waals surface area contributed by atoms with Crippen molar-refractivity contribution in [3.05, 3.63) is 34.3 Å². The van der Waals surface area contributed by atoms with E-state index in [9.17, 15) is 9.90 Å². The van der Waals surface area contributed by atoms with E-state index in [0.717, 1.165) is 29.3 Å². The van der Waals surface area contributed by atoms with Gasteiger partial charge in [0.2, 0.25) is 0 Å². The smallest absolute Gasteiger partial charge is 0.306 e. The van der Waals surface area contributed by atoms with Gasteiger partial charge in [0.05, 0.1) is 5.92 Å². The van der Waals surface area contributed by atoms with Crippen molar-refractivity contribution in [3.8, 4) is 0 Å². The normalized spacial score (nSPS) is 12.3. The summed E-state index contributed by atoms with van der Waals surface area (Å²) in [5.41, 5.74) is 1.10. The minimum Gasteiger partial charge on any atom is -0.481 e. The number of aliphatic carboxylic acids is 1. The van der Waals surface area contributed by atoms with E-state index in [0.29, 0.717) is 6.42 Å². The molecule has 0 saturated carbocycles. The first-order valence-corrected chi connectivity index (χ1v) is 7.90. The van der Waals surface area contributed by atoms with Crippen LogP contribution in [0.5, 0.6) is 0 Å². The first-order valence-electron chi connectivity index (χ1n) is 7.10. The number of carbonyl (C=O) groups is 1. The molecular formula is C16H23BrO2. The predicted molar refractivity (Wildman–Crippen MR) is 82.3 cm³/mol. The SMILES string of the molecule is CCCCCCCC(Cc1ccc(Br)cc1)C(=O)O. The molecule has 1 unspecified atom stereocenters. The molecule has 1 rings (SSSR count). The zero-order valence-electron chi connectivity index (χ0n) is 11.6. The van der Waals surface area contributed by atoms with E-state index in [1.54, 1.807) is 0 Å². The minimum atomic E-state index is -0.668. The summed E-state index contributed by atoms with van der Waals surface area (Å²) < 4.78 is 1.03. The zero-order chi connectivity index (χ0) is 14.1. The molecule has 0 aliphatic rings. The molecule has 0 radical (unpaired) electrons. The quantitative estimate of drug-likeness (QED) is 0.644. The lowest BCUT2D eigenvalue weighted by atomic mass is 9.93. The largest absolute Gasteiger partial charge is 0.481 e. The number of hydrogen-bond donors (Lipinski definition) is 1. The Balaban J connectivity index is 2.40. The second-order valence-corrected chi connectivity index (χ2v) is 5.98. The molecular weight excluding hydrogens is 304 g/mol. The monoisotopic (exact) mass is 326 g/mol. The maximum absolute atomic E-state index is 11.3. The maximum Gasteiger partial charge on any atom is 0.306 e. The van der Waals surface area contributed by atoms with E-state index in [2.05, 4.69) is 22.9 Å². The molecule has 0 aliphatic heterocycles. The number of rotatable bonds is 9. The van der Waals surface area contributed by atoms with Crippen LogP contribution in [0.25, 0.3) is 0 Å². The molecule has 0 spiro atoms. The van der Waals surface area contributed by atoms with Gasteiger partial charge >= 0.3 is 5.97 Å². The van der Waals surface area contributed by atoms with Crippen LogP contribution in [-0.4, -0.2) is 11.1 Å². The average molecular weight is 327 g/mol. The Morgan fingerprint density at radius 2 is 1.79 bits per heavy atom. The topological polar surface area (TPSA) is 37.3 Å². The van der Waals surface area contributed by atoms with Gasteiger partial charge in [-0.2, -0.15) is 0 Å². The Labute approximate surface area is 124 Å². The van der Waals surface area contributed by atoms with Gasteiger partial charge in [0, 0.05) is 4.47 Å². The number of benzene rings is 1. The highest BCUT2D eigenvalue weighted by Gasteiger charge is 2.17. The van der Waals surface area contributed by atoms with E-state index >= 15 is 0 Å². The first-order chi connectivity index (χ1) is 9.13. The van der Waals surface area contributed by atoms with Crippen LogP contribution < -0.4 is 0 Å². The summed E-state index contributed by atoms with van der Waals surface area (Å²) >= 11 is 3.39. The van der Waals surface area contributed by atoms with Crippen molar-refractivity contribution in [1.82, 2.24) is 0 Å². The van der Waals surface area contributed by atoms with Crippen molar-refractivity contribution < 1.29 is 9.90 Å². The van der Waals surface area contributed by atoms with Crippen molar-refractivity contribution in [1.29, 1.82) is 0 Å². The molecule has 1 aromatic carbocycles. The minimum absolute atomic E-state index is 0.247. The molecule has 0 aromatic heterocycles. The maximum atomic E-state index is 11.3. The Bertz CT molecular complexity index is 373. The van der Waals surface area contributed by atoms with Crippen LogP contribution in [0, 0.1) is 5.92 Å². The molecule has 19 heavy (non-hydrogen) atoms. The van der Waals surface area contributed by atoms with E-state index in [1.165, 1.54) is 19.3 Å². The molecule has 1 aromatic rings. The summed E-state index contributed by atoms with van der Waals surface area (Å²) in [7, 11) is 0. The van der Waals surface area contributed by atoms with E-state index < -0.39 is 5.97 Å². The van der Waals surface area contributed by atoms with Crippen molar-refractivity contribution in [2.24, 2.45) is 5.92 Å². The zero-order valence-corrected chi connectivity index (χ0v) is 13.2.